The number of benzene rings is 1. The van der Waals surface area contributed by atoms with Crippen LogP contribution in [0.4, 0.5) is 0 Å². The van der Waals surface area contributed by atoms with Crippen molar-refractivity contribution in [3.05, 3.63) is 52.3 Å². The van der Waals surface area contributed by atoms with Gasteiger partial charge in [0.2, 0.25) is 0 Å². The first-order valence-electron chi connectivity index (χ1n) is 8.14. The fourth-order valence-corrected chi connectivity index (χ4v) is 3.24. The molecule has 1 amide bonds. The number of aromatic carboxylic acids is 1. The van der Waals surface area contributed by atoms with E-state index in [1.165, 1.54) is 24.3 Å². The van der Waals surface area contributed by atoms with E-state index < -0.39 is 5.97 Å². The van der Waals surface area contributed by atoms with Gasteiger partial charge in [-0.1, -0.05) is 0 Å². The fraction of sp³-hybridized carbons (Fsp3) is 0.389. The molecule has 1 fully saturated rings. The highest BCUT2D eigenvalue weighted by Crippen LogP contribution is 2.33. The van der Waals surface area contributed by atoms with E-state index in [9.17, 15) is 9.59 Å². The summed E-state index contributed by atoms with van der Waals surface area (Å²) in [4.78, 5) is 23.4. The lowest BCUT2D eigenvalue weighted by molar-refractivity contribution is 0.0696. The number of amides is 1. The zero-order valence-corrected chi connectivity index (χ0v) is 14.4. The molecule has 1 aromatic heterocycles. The van der Waals surface area contributed by atoms with Gasteiger partial charge in [0.05, 0.1) is 17.3 Å². The molecule has 25 heavy (non-hydrogen) atoms. The van der Waals surface area contributed by atoms with Crippen LogP contribution in [0.1, 0.15) is 50.2 Å². The predicted octanol–water partition coefficient (Wildman–Crippen LogP) is 2.00. The molecule has 2 N–H and O–H groups in total. The van der Waals surface area contributed by atoms with Gasteiger partial charge < -0.3 is 15.2 Å². The van der Waals surface area contributed by atoms with E-state index >= 15 is 0 Å². The summed E-state index contributed by atoms with van der Waals surface area (Å²) in [5.41, 5.74) is 3.52. The standard InChI is InChI=1S/C18H21N3O4/c1-10-15(11(2)21(3)20-10)16-14(8-9-25-16)19-17(22)12-4-6-13(7-5-12)18(23)24/h4-7,14,16H,8-9H2,1-3H3,(H,19,22)(H,23,24)/t14-,16-/m0/s1. The van der Waals surface area contributed by atoms with E-state index in [2.05, 4.69) is 10.4 Å². The molecule has 2 aromatic rings. The highest BCUT2D eigenvalue weighted by Gasteiger charge is 2.34. The van der Waals surface area contributed by atoms with Crippen LogP contribution < -0.4 is 5.32 Å². The van der Waals surface area contributed by atoms with Crippen molar-refractivity contribution in [3.8, 4) is 0 Å². The van der Waals surface area contributed by atoms with E-state index in [0.29, 0.717) is 12.2 Å². The molecule has 2 heterocycles. The van der Waals surface area contributed by atoms with Gasteiger partial charge in [-0.15, -0.1) is 0 Å². The van der Waals surface area contributed by atoms with Crippen molar-refractivity contribution in [2.75, 3.05) is 6.61 Å². The Morgan fingerprint density at radius 1 is 1.24 bits per heavy atom. The second kappa shape index (κ2) is 6.68. The van der Waals surface area contributed by atoms with E-state index in [4.69, 9.17) is 9.84 Å². The van der Waals surface area contributed by atoms with E-state index in [0.717, 1.165) is 23.4 Å². The number of carbonyl (C=O) groups is 2. The summed E-state index contributed by atoms with van der Waals surface area (Å²) in [6.07, 6.45) is 0.494. The van der Waals surface area contributed by atoms with Crippen LogP contribution in [0.15, 0.2) is 24.3 Å². The summed E-state index contributed by atoms with van der Waals surface area (Å²) in [5.74, 6) is -1.25. The molecule has 1 aliphatic rings. The third-order valence-corrected chi connectivity index (χ3v) is 4.65. The molecule has 0 radical (unpaired) electrons. The van der Waals surface area contributed by atoms with Crippen molar-refractivity contribution in [3.63, 3.8) is 0 Å². The van der Waals surface area contributed by atoms with Crippen LogP contribution in [0.3, 0.4) is 0 Å². The zero-order chi connectivity index (χ0) is 18.1. The number of nitrogens with zero attached hydrogens (tertiary/aromatic N) is 2. The summed E-state index contributed by atoms with van der Waals surface area (Å²) in [6, 6.07) is 5.74. The van der Waals surface area contributed by atoms with Crippen LogP contribution in [0, 0.1) is 13.8 Å². The molecule has 7 heteroatoms. The van der Waals surface area contributed by atoms with Gasteiger partial charge >= 0.3 is 5.97 Å². The maximum absolute atomic E-state index is 12.5. The Hall–Kier alpha value is -2.67. The molecule has 1 aromatic carbocycles. The molecule has 1 aliphatic heterocycles. The first-order chi connectivity index (χ1) is 11.9. The van der Waals surface area contributed by atoms with Gasteiger partial charge in [0.1, 0.15) is 6.10 Å². The Bertz CT molecular complexity index is 810. The SMILES string of the molecule is Cc1nn(C)c(C)c1[C@H]1OCC[C@@H]1NC(=O)c1ccc(C(=O)O)cc1. The number of nitrogens with one attached hydrogen (secondary N) is 1. The fourth-order valence-electron chi connectivity index (χ4n) is 3.24. The Balaban J connectivity index is 1.77. The largest absolute Gasteiger partial charge is 0.478 e. The number of hydrogen-bond acceptors (Lipinski definition) is 4. The molecule has 3 rings (SSSR count). The number of rotatable bonds is 4. The first kappa shape index (κ1) is 17.2. The maximum atomic E-state index is 12.5. The van der Waals surface area contributed by atoms with Gasteiger partial charge in [0.25, 0.3) is 5.91 Å². The topological polar surface area (TPSA) is 93.5 Å². The summed E-state index contributed by atoms with van der Waals surface area (Å²) < 4.78 is 7.68. The minimum absolute atomic E-state index is 0.145. The first-order valence-corrected chi connectivity index (χ1v) is 8.14. The van der Waals surface area contributed by atoms with E-state index in [1.807, 2.05) is 25.6 Å². The van der Waals surface area contributed by atoms with Crippen molar-refractivity contribution in [1.29, 1.82) is 0 Å². The monoisotopic (exact) mass is 343 g/mol. The van der Waals surface area contributed by atoms with Gasteiger partial charge in [0.15, 0.2) is 0 Å². The summed E-state index contributed by atoms with van der Waals surface area (Å²) in [7, 11) is 1.89. The number of aryl methyl sites for hydroxylation is 2. The number of ether oxygens (including phenoxy) is 1. The van der Waals surface area contributed by atoms with Crippen molar-refractivity contribution >= 4 is 11.9 Å². The second-order valence-corrected chi connectivity index (χ2v) is 6.25. The third-order valence-electron chi connectivity index (χ3n) is 4.65. The molecule has 0 saturated carbocycles. The lowest BCUT2D eigenvalue weighted by Crippen LogP contribution is -2.37. The highest BCUT2D eigenvalue weighted by atomic mass is 16.5. The molecular formula is C18H21N3O4. The lowest BCUT2D eigenvalue weighted by atomic mass is 10.00. The lowest BCUT2D eigenvalue weighted by Gasteiger charge is -2.20. The minimum Gasteiger partial charge on any atom is -0.478 e. The van der Waals surface area contributed by atoms with Crippen LogP contribution in [-0.2, 0) is 11.8 Å². The van der Waals surface area contributed by atoms with E-state index in [1.54, 1.807) is 0 Å². The second-order valence-electron chi connectivity index (χ2n) is 6.25. The van der Waals surface area contributed by atoms with Gasteiger partial charge in [0, 0.05) is 30.5 Å². The number of carboxylic acid groups (broad SMARTS) is 1. The van der Waals surface area contributed by atoms with Crippen LogP contribution in [0.5, 0.6) is 0 Å². The van der Waals surface area contributed by atoms with Crippen LogP contribution in [0.25, 0.3) is 0 Å². The number of aromatic nitrogens is 2. The molecular weight excluding hydrogens is 322 g/mol. The Morgan fingerprint density at radius 2 is 1.88 bits per heavy atom. The average Bonchev–Trinajstić information content (AvgIpc) is 3.11. The molecule has 0 spiro atoms. The molecule has 0 aliphatic carbocycles. The van der Waals surface area contributed by atoms with Gasteiger partial charge in [-0.25, -0.2) is 4.79 Å². The molecule has 7 nitrogen and oxygen atoms in total. The van der Waals surface area contributed by atoms with Gasteiger partial charge in [-0.05, 0) is 44.5 Å². The Morgan fingerprint density at radius 3 is 2.44 bits per heavy atom. The normalized spacial score (nSPS) is 19.8. The van der Waals surface area contributed by atoms with Crippen molar-refractivity contribution in [2.24, 2.45) is 7.05 Å². The van der Waals surface area contributed by atoms with Crippen molar-refractivity contribution in [1.82, 2.24) is 15.1 Å². The quantitative estimate of drug-likeness (QED) is 0.885. The summed E-state index contributed by atoms with van der Waals surface area (Å²) >= 11 is 0. The van der Waals surface area contributed by atoms with Crippen molar-refractivity contribution in [2.45, 2.75) is 32.4 Å². The van der Waals surface area contributed by atoms with E-state index in [-0.39, 0.29) is 23.6 Å². The van der Waals surface area contributed by atoms with Crippen LogP contribution in [0.2, 0.25) is 0 Å². The molecule has 0 unspecified atom stereocenters. The number of carboxylic acids is 1. The average molecular weight is 343 g/mol. The summed E-state index contributed by atoms with van der Waals surface area (Å²) in [5, 5.41) is 16.4. The molecule has 1 saturated heterocycles. The molecule has 2 atom stereocenters. The number of hydrogen-bond donors (Lipinski definition) is 2. The van der Waals surface area contributed by atoms with Crippen LogP contribution >= 0.6 is 0 Å². The molecule has 0 bridgehead atoms. The maximum Gasteiger partial charge on any atom is 0.335 e. The smallest absolute Gasteiger partial charge is 0.335 e. The highest BCUT2D eigenvalue weighted by molar-refractivity contribution is 5.96. The minimum atomic E-state index is -1.02. The Kier molecular flexibility index (Phi) is 4.59. The van der Waals surface area contributed by atoms with Gasteiger partial charge in [-0.2, -0.15) is 5.10 Å². The third kappa shape index (κ3) is 3.28. The predicted molar refractivity (Wildman–Crippen MR) is 90.6 cm³/mol. The zero-order valence-electron chi connectivity index (χ0n) is 14.4. The van der Waals surface area contributed by atoms with Crippen molar-refractivity contribution < 1.29 is 19.4 Å². The Labute approximate surface area is 145 Å². The molecule has 132 valence electrons. The number of carbonyl (C=O) groups excluding carboxylic acids is 1. The summed E-state index contributed by atoms with van der Waals surface area (Å²) in [6.45, 7) is 4.50. The van der Waals surface area contributed by atoms with Gasteiger partial charge in [-0.3, -0.25) is 9.48 Å². The van der Waals surface area contributed by atoms with Crippen LogP contribution in [-0.4, -0.2) is 39.4 Å².